The standard InChI is InChI=1S/C10H16O2S/c1-4-12-9(11)10(2)7-5-6-8(10)13-3/h5-6,8H,4,7H2,1-3H3/t8-,10-/m0/s1. The van der Waals surface area contributed by atoms with Crippen molar-refractivity contribution in [2.24, 2.45) is 5.41 Å². The second kappa shape index (κ2) is 4.18. The van der Waals surface area contributed by atoms with Crippen molar-refractivity contribution >= 4 is 17.7 Å². The molecule has 3 heteroatoms. The van der Waals surface area contributed by atoms with Crippen LogP contribution in [0.2, 0.25) is 0 Å². The van der Waals surface area contributed by atoms with Crippen molar-refractivity contribution in [2.45, 2.75) is 25.5 Å². The molecule has 0 aromatic carbocycles. The minimum absolute atomic E-state index is 0.0700. The van der Waals surface area contributed by atoms with Crippen LogP contribution in [-0.4, -0.2) is 24.1 Å². The topological polar surface area (TPSA) is 26.3 Å². The zero-order valence-electron chi connectivity index (χ0n) is 8.37. The van der Waals surface area contributed by atoms with Crippen LogP contribution in [0.3, 0.4) is 0 Å². The van der Waals surface area contributed by atoms with Crippen LogP contribution in [0.5, 0.6) is 0 Å². The van der Waals surface area contributed by atoms with Crippen LogP contribution in [0.4, 0.5) is 0 Å². The molecule has 2 nitrogen and oxygen atoms in total. The van der Waals surface area contributed by atoms with Gasteiger partial charge in [0.15, 0.2) is 0 Å². The monoisotopic (exact) mass is 200 g/mol. The number of carbonyl (C=O) groups excluding carboxylic acids is 1. The van der Waals surface area contributed by atoms with Gasteiger partial charge < -0.3 is 4.74 Å². The third kappa shape index (κ3) is 1.90. The van der Waals surface area contributed by atoms with Crippen molar-refractivity contribution in [3.05, 3.63) is 12.2 Å². The Hall–Kier alpha value is -0.440. The Morgan fingerprint density at radius 3 is 3.00 bits per heavy atom. The lowest BCUT2D eigenvalue weighted by Gasteiger charge is -2.27. The molecule has 0 N–H and O–H groups in total. The molecule has 0 aromatic heterocycles. The molecule has 0 saturated carbocycles. The van der Waals surface area contributed by atoms with E-state index in [9.17, 15) is 4.79 Å². The van der Waals surface area contributed by atoms with Gasteiger partial charge in [0.2, 0.25) is 0 Å². The number of hydrogen-bond donors (Lipinski definition) is 0. The average Bonchev–Trinajstić information content (AvgIpc) is 2.48. The summed E-state index contributed by atoms with van der Waals surface area (Å²) in [5, 5.41) is 0.270. The maximum absolute atomic E-state index is 11.7. The van der Waals surface area contributed by atoms with Gasteiger partial charge in [-0.3, -0.25) is 4.79 Å². The lowest BCUT2D eigenvalue weighted by atomic mass is 9.88. The smallest absolute Gasteiger partial charge is 0.313 e. The maximum atomic E-state index is 11.7. The lowest BCUT2D eigenvalue weighted by Crippen LogP contribution is -2.35. The molecule has 0 bridgehead atoms. The fourth-order valence-corrected chi connectivity index (χ4v) is 2.58. The molecule has 1 rings (SSSR count). The molecule has 1 aliphatic carbocycles. The molecule has 1 aliphatic rings. The minimum atomic E-state index is -0.338. The Morgan fingerprint density at radius 2 is 2.46 bits per heavy atom. The second-order valence-electron chi connectivity index (χ2n) is 3.43. The molecule has 0 unspecified atom stereocenters. The van der Waals surface area contributed by atoms with Crippen molar-refractivity contribution in [3.8, 4) is 0 Å². The predicted molar refractivity (Wildman–Crippen MR) is 55.8 cm³/mol. The summed E-state index contributed by atoms with van der Waals surface area (Å²) >= 11 is 1.71. The van der Waals surface area contributed by atoms with Crippen LogP contribution in [-0.2, 0) is 9.53 Å². The molecule has 0 spiro atoms. The van der Waals surface area contributed by atoms with Gasteiger partial charge in [0.25, 0.3) is 0 Å². The third-order valence-electron chi connectivity index (χ3n) is 2.48. The van der Waals surface area contributed by atoms with E-state index in [4.69, 9.17) is 4.74 Å². The van der Waals surface area contributed by atoms with E-state index in [-0.39, 0.29) is 16.6 Å². The first-order chi connectivity index (χ1) is 6.15. The first kappa shape index (κ1) is 10.6. The van der Waals surface area contributed by atoms with E-state index in [1.807, 2.05) is 20.1 Å². The largest absolute Gasteiger partial charge is 0.466 e. The van der Waals surface area contributed by atoms with Gasteiger partial charge in [-0.15, -0.1) is 0 Å². The number of carbonyl (C=O) groups is 1. The van der Waals surface area contributed by atoms with Gasteiger partial charge in [0, 0.05) is 5.25 Å². The number of ether oxygens (including phenoxy) is 1. The molecule has 13 heavy (non-hydrogen) atoms. The summed E-state index contributed by atoms with van der Waals surface area (Å²) in [4.78, 5) is 11.7. The van der Waals surface area contributed by atoms with Crippen molar-refractivity contribution < 1.29 is 9.53 Å². The van der Waals surface area contributed by atoms with Gasteiger partial charge in [-0.1, -0.05) is 12.2 Å². The Labute approximate surface area is 83.7 Å². The van der Waals surface area contributed by atoms with Gasteiger partial charge in [-0.05, 0) is 26.5 Å². The molecule has 0 amide bonds. The quantitative estimate of drug-likeness (QED) is 0.516. The van der Waals surface area contributed by atoms with Crippen molar-refractivity contribution in [1.29, 1.82) is 0 Å². The van der Waals surface area contributed by atoms with Gasteiger partial charge in [0.1, 0.15) is 0 Å². The lowest BCUT2D eigenvalue weighted by molar-refractivity contribution is -0.153. The molecular formula is C10H16O2S. The zero-order valence-corrected chi connectivity index (χ0v) is 9.19. The van der Waals surface area contributed by atoms with E-state index in [1.54, 1.807) is 11.8 Å². The normalized spacial score (nSPS) is 32.1. The molecule has 0 saturated heterocycles. The van der Waals surface area contributed by atoms with Gasteiger partial charge >= 0.3 is 5.97 Å². The molecular weight excluding hydrogens is 184 g/mol. The highest BCUT2D eigenvalue weighted by Gasteiger charge is 2.43. The molecule has 0 radical (unpaired) electrons. The van der Waals surface area contributed by atoms with E-state index >= 15 is 0 Å². The van der Waals surface area contributed by atoms with Crippen LogP contribution in [0.1, 0.15) is 20.3 Å². The number of allylic oxidation sites excluding steroid dienone is 1. The number of thioether (sulfide) groups is 1. The third-order valence-corrected chi connectivity index (χ3v) is 3.66. The summed E-state index contributed by atoms with van der Waals surface area (Å²) in [6, 6.07) is 0. The summed E-state index contributed by atoms with van der Waals surface area (Å²) in [7, 11) is 0. The fraction of sp³-hybridized carbons (Fsp3) is 0.700. The Kier molecular flexibility index (Phi) is 3.42. The molecule has 0 aromatic rings. The Bertz CT molecular complexity index is 225. The van der Waals surface area contributed by atoms with Gasteiger partial charge in [-0.2, -0.15) is 11.8 Å². The van der Waals surface area contributed by atoms with Crippen LogP contribution in [0.15, 0.2) is 12.2 Å². The number of hydrogen-bond acceptors (Lipinski definition) is 3. The summed E-state index contributed by atoms with van der Waals surface area (Å²) in [6.45, 7) is 4.29. The van der Waals surface area contributed by atoms with E-state index in [1.165, 1.54) is 0 Å². The van der Waals surface area contributed by atoms with E-state index in [2.05, 4.69) is 12.2 Å². The number of esters is 1. The first-order valence-electron chi connectivity index (χ1n) is 4.52. The van der Waals surface area contributed by atoms with Crippen LogP contribution < -0.4 is 0 Å². The van der Waals surface area contributed by atoms with Crippen molar-refractivity contribution in [1.82, 2.24) is 0 Å². The predicted octanol–water partition coefficient (Wildman–Crippen LogP) is 2.25. The summed E-state index contributed by atoms with van der Waals surface area (Å²) < 4.78 is 5.07. The second-order valence-corrected chi connectivity index (χ2v) is 4.41. The molecule has 0 heterocycles. The summed E-state index contributed by atoms with van der Waals surface area (Å²) in [5.74, 6) is -0.0700. The molecule has 74 valence electrons. The van der Waals surface area contributed by atoms with Crippen LogP contribution in [0.25, 0.3) is 0 Å². The van der Waals surface area contributed by atoms with E-state index in [0.717, 1.165) is 6.42 Å². The highest BCUT2D eigenvalue weighted by molar-refractivity contribution is 7.99. The van der Waals surface area contributed by atoms with Gasteiger partial charge in [-0.25, -0.2) is 0 Å². The zero-order chi connectivity index (χ0) is 9.90. The maximum Gasteiger partial charge on any atom is 0.313 e. The fourth-order valence-electron chi connectivity index (χ4n) is 1.60. The van der Waals surface area contributed by atoms with Crippen molar-refractivity contribution in [3.63, 3.8) is 0 Å². The van der Waals surface area contributed by atoms with Crippen LogP contribution in [0, 0.1) is 5.41 Å². The molecule has 0 aliphatic heterocycles. The van der Waals surface area contributed by atoms with Crippen LogP contribution >= 0.6 is 11.8 Å². The highest BCUT2D eigenvalue weighted by Crippen LogP contribution is 2.40. The highest BCUT2D eigenvalue weighted by atomic mass is 32.2. The minimum Gasteiger partial charge on any atom is -0.466 e. The Morgan fingerprint density at radius 1 is 1.77 bits per heavy atom. The van der Waals surface area contributed by atoms with Crippen molar-refractivity contribution in [2.75, 3.05) is 12.9 Å². The van der Waals surface area contributed by atoms with E-state index < -0.39 is 0 Å². The average molecular weight is 200 g/mol. The SMILES string of the molecule is CCOC(=O)[C@@]1(C)CC=C[C@@H]1SC. The molecule has 0 fully saturated rings. The van der Waals surface area contributed by atoms with E-state index in [0.29, 0.717) is 6.61 Å². The Balaban J connectivity index is 2.70. The summed E-state index contributed by atoms with van der Waals surface area (Å²) in [6.07, 6.45) is 6.99. The number of rotatable bonds is 3. The summed E-state index contributed by atoms with van der Waals surface area (Å²) in [5.41, 5.74) is -0.338. The molecule has 2 atom stereocenters. The first-order valence-corrected chi connectivity index (χ1v) is 5.80. The van der Waals surface area contributed by atoms with Gasteiger partial charge in [0.05, 0.1) is 12.0 Å².